The lowest BCUT2D eigenvalue weighted by molar-refractivity contribution is -0.184. The van der Waals surface area contributed by atoms with E-state index in [2.05, 4.69) is 5.32 Å². The number of alkyl halides is 3. The molecular weight excluding hydrogens is 328 g/mol. The fraction of sp³-hybridized carbons (Fsp3) is 0.500. The van der Waals surface area contributed by atoms with E-state index in [1.807, 2.05) is 0 Å². The van der Waals surface area contributed by atoms with Crippen LogP contribution in [-0.2, 0) is 4.79 Å². The molecule has 1 aliphatic heterocycles. The number of nitrogens with zero attached hydrogens (tertiary/aromatic N) is 1. The lowest BCUT2D eigenvalue weighted by Gasteiger charge is -2.40. The van der Waals surface area contributed by atoms with Gasteiger partial charge in [-0.3, -0.25) is 9.59 Å². The Morgan fingerprint density at radius 3 is 2.50 bits per heavy atom. The van der Waals surface area contributed by atoms with Crippen LogP contribution in [0.15, 0.2) is 18.2 Å². The molecule has 1 N–H and O–H groups in total. The van der Waals surface area contributed by atoms with Crippen LogP contribution in [0.3, 0.4) is 0 Å². The fourth-order valence-electron chi connectivity index (χ4n) is 2.91. The van der Waals surface area contributed by atoms with E-state index in [-0.39, 0.29) is 30.9 Å². The minimum atomic E-state index is -4.61. The summed E-state index contributed by atoms with van der Waals surface area (Å²) in [5, 5.41) is 2.52. The molecule has 0 saturated carbocycles. The highest BCUT2D eigenvalue weighted by atomic mass is 19.4. The number of hydrogen-bond acceptors (Lipinski definition) is 2. The normalized spacial score (nSPS) is 21.5. The average molecular weight is 346 g/mol. The number of piperidine rings is 1. The van der Waals surface area contributed by atoms with E-state index in [4.69, 9.17) is 0 Å². The number of nitrogens with one attached hydrogen (secondary N) is 1. The summed E-state index contributed by atoms with van der Waals surface area (Å²) in [6.45, 7) is 2.38. The molecule has 1 aromatic carbocycles. The molecule has 2 atom stereocenters. The van der Waals surface area contributed by atoms with Crippen LogP contribution >= 0.6 is 0 Å². The van der Waals surface area contributed by atoms with E-state index in [9.17, 15) is 27.2 Å². The predicted molar refractivity (Wildman–Crippen MR) is 78.9 cm³/mol. The molecule has 4 nitrogen and oxygen atoms in total. The molecule has 2 amide bonds. The zero-order valence-electron chi connectivity index (χ0n) is 13.3. The summed E-state index contributed by atoms with van der Waals surface area (Å²) < 4.78 is 53.9. The second kappa shape index (κ2) is 6.78. The van der Waals surface area contributed by atoms with Crippen LogP contribution < -0.4 is 5.32 Å². The van der Waals surface area contributed by atoms with Gasteiger partial charge in [-0.05, 0) is 31.4 Å². The number of rotatable bonds is 2. The second-order valence-electron chi connectivity index (χ2n) is 5.93. The number of benzene rings is 1. The van der Waals surface area contributed by atoms with Crippen molar-refractivity contribution in [2.24, 2.45) is 0 Å². The molecule has 1 heterocycles. The standard InChI is InChI=1S/C16H18F4N2O2/c1-9-4-3-5-12(14(9)17)15(24)22-8-11(21-10(2)23)6-7-13(22)16(18,19)20/h3-5,11,13H,6-8H2,1-2H3,(H,21,23)/t11-,13+/m0/s1. The third-order valence-corrected chi connectivity index (χ3v) is 4.05. The Morgan fingerprint density at radius 2 is 1.92 bits per heavy atom. The largest absolute Gasteiger partial charge is 0.408 e. The molecule has 0 bridgehead atoms. The van der Waals surface area contributed by atoms with E-state index in [1.165, 1.54) is 32.0 Å². The van der Waals surface area contributed by atoms with E-state index in [1.54, 1.807) is 0 Å². The van der Waals surface area contributed by atoms with Gasteiger partial charge in [0.15, 0.2) is 0 Å². The molecule has 0 aliphatic carbocycles. The first kappa shape index (κ1) is 18.2. The molecule has 0 radical (unpaired) electrons. The van der Waals surface area contributed by atoms with Crippen LogP contribution in [0.25, 0.3) is 0 Å². The van der Waals surface area contributed by atoms with Crippen molar-refractivity contribution >= 4 is 11.8 Å². The minimum absolute atomic E-state index is 0.101. The van der Waals surface area contributed by atoms with Crippen molar-refractivity contribution in [3.05, 3.63) is 35.1 Å². The molecule has 1 aromatic rings. The van der Waals surface area contributed by atoms with E-state index >= 15 is 0 Å². The van der Waals surface area contributed by atoms with Crippen molar-refractivity contribution in [2.75, 3.05) is 6.54 Å². The van der Waals surface area contributed by atoms with Crippen molar-refractivity contribution in [3.8, 4) is 0 Å². The van der Waals surface area contributed by atoms with Crippen molar-refractivity contribution in [1.29, 1.82) is 0 Å². The number of amides is 2. The van der Waals surface area contributed by atoms with Gasteiger partial charge in [0, 0.05) is 19.5 Å². The van der Waals surface area contributed by atoms with Gasteiger partial charge in [0.25, 0.3) is 5.91 Å². The van der Waals surface area contributed by atoms with Crippen LogP contribution in [0, 0.1) is 12.7 Å². The molecule has 24 heavy (non-hydrogen) atoms. The van der Waals surface area contributed by atoms with Crippen LogP contribution in [0.2, 0.25) is 0 Å². The van der Waals surface area contributed by atoms with Crippen LogP contribution in [-0.4, -0.2) is 41.5 Å². The van der Waals surface area contributed by atoms with Crippen molar-refractivity contribution in [1.82, 2.24) is 10.2 Å². The summed E-state index contributed by atoms with van der Waals surface area (Å²) in [4.78, 5) is 24.3. The molecule has 1 fully saturated rings. The predicted octanol–water partition coefficient (Wildman–Crippen LogP) is 2.81. The summed E-state index contributed by atoms with van der Waals surface area (Å²) >= 11 is 0. The Morgan fingerprint density at radius 1 is 1.25 bits per heavy atom. The summed E-state index contributed by atoms with van der Waals surface area (Å²) in [5.41, 5.74) is -0.215. The number of likely N-dealkylation sites (tertiary alicyclic amines) is 1. The first-order valence-corrected chi connectivity index (χ1v) is 7.51. The molecule has 132 valence electrons. The zero-order valence-corrected chi connectivity index (χ0v) is 13.3. The van der Waals surface area contributed by atoms with E-state index < -0.39 is 35.5 Å². The Kier molecular flexibility index (Phi) is 5.15. The number of carbonyl (C=O) groups excluding carboxylic acids is 2. The van der Waals surface area contributed by atoms with Gasteiger partial charge < -0.3 is 10.2 Å². The smallest absolute Gasteiger partial charge is 0.352 e. The monoisotopic (exact) mass is 346 g/mol. The fourth-order valence-corrected chi connectivity index (χ4v) is 2.91. The number of hydrogen-bond donors (Lipinski definition) is 1. The number of carbonyl (C=O) groups is 2. The maximum absolute atomic E-state index is 14.1. The Labute approximate surface area is 136 Å². The third-order valence-electron chi connectivity index (χ3n) is 4.05. The summed E-state index contributed by atoms with van der Waals surface area (Å²) in [5.74, 6) is -2.24. The molecule has 0 spiro atoms. The number of halogens is 4. The topological polar surface area (TPSA) is 49.4 Å². The first-order chi connectivity index (χ1) is 11.1. The minimum Gasteiger partial charge on any atom is -0.352 e. The van der Waals surface area contributed by atoms with Gasteiger partial charge in [0.05, 0.1) is 5.56 Å². The van der Waals surface area contributed by atoms with E-state index in [0.717, 1.165) is 0 Å². The van der Waals surface area contributed by atoms with Gasteiger partial charge in [-0.1, -0.05) is 12.1 Å². The highest BCUT2D eigenvalue weighted by Crippen LogP contribution is 2.33. The van der Waals surface area contributed by atoms with Gasteiger partial charge in [-0.25, -0.2) is 4.39 Å². The van der Waals surface area contributed by atoms with Gasteiger partial charge in [-0.15, -0.1) is 0 Å². The molecular formula is C16H18F4N2O2. The molecule has 2 rings (SSSR count). The molecule has 0 unspecified atom stereocenters. The lowest BCUT2D eigenvalue weighted by Crippen LogP contribution is -2.58. The molecule has 1 saturated heterocycles. The Hall–Kier alpha value is -2.12. The second-order valence-corrected chi connectivity index (χ2v) is 5.93. The SMILES string of the molecule is CC(=O)N[C@H]1CC[C@H](C(F)(F)F)N(C(=O)c2cccc(C)c2F)C1. The van der Waals surface area contributed by atoms with Gasteiger partial charge in [-0.2, -0.15) is 13.2 Å². The summed E-state index contributed by atoms with van der Waals surface area (Å²) in [7, 11) is 0. The maximum atomic E-state index is 14.1. The Bertz CT molecular complexity index is 645. The molecule has 1 aliphatic rings. The third kappa shape index (κ3) is 3.85. The van der Waals surface area contributed by atoms with Crippen LogP contribution in [0.4, 0.5) is 17.6 Å². The highest BCUT2D eigenvalue weighted by Gasteiger charge is 2.48. The van der Waals surface area contributed by atoms with Crippen molar-refractivity contribution < 1.29 is 27.2 Å². The van der Waals surface area contributed by atoms with Gasteiger partial charge in [0.2, 0.25) is 5.91 Å². The average Bonchev–Trinajstić information content (AvgIpc) is 2.47. The number of aryl methyl sites for hydroxylation is 1. The summed E-state index contributed by atoms with van der Waals surface area (Å²) in [6.07, 6.45) is -4.85. The quantitative estimate of drug-likeness (QED) is 0.837. The van der Waals surface area contributed by atoms with Crippen molar-refractivity contribution in [3.63, 3.8) is 0 Å². The zero-order chi connectivity index (χ0) is 18.1. The van der Waals surface area contributed by atoms with E-state index in [0.29, 0.717) is 4.90 Å². The van der Waals surface area contributed by atoms with Crippen LogP contribution in [0.1, 0.15) is 35.7 Å². The summed E-state index contributed by atoms with van der Waals surface area (Å²) in [6, 6.07) is 1.45. The van der Waals surface area contributed by atoms with Crippen molar-refractivity contribution in [2.45, 2.75) is 44.9 Å². The Balaban J connectivity index is 2.34. The molecule has 8 heteroatoms. The van der Waals surface area contributed by atoms with Gasteiger partial charge >= 0.3 is 6.18 Å². The maximum Gasteiger partial charge on any atom is 0.408 e. The molecule has 0 aromatic heterocycles. The highest BCUT2D eigenvalue weighted by molar-refractivity contribution is 5.95. The lowest BCUT2D eigenvalue weighted by atomic mass is 9.96. The first-order valence-electron chi connectivity index (χ1n) is 7.51. The van der Waals surface area contributed by atoms with Crippen LogP contribution in [0.5, 0.6) is 0 Å². The van der Waals surface area contributed by atoms with Gasteiger partial charge in [0.1, 0.15) is 11.9 Å².